The number of ether oxygens (including phenoxy) is 1. The van der Waals surface area contributed by atoms with Gasteiger partial charge in [-0.05, 0) is 62.2 Å². The Bertz CT molecular complexity index is 449. The third kappa shape index (κ3) is 2.09. The second kappa shape index (κ2) is 4.99. The van der Waals surface area contributed by atoms with Gasteiger partial charge >= 0.3 is 5.97 Å². The van der Waals surface area contributed by atoms with Crippen LogP contribution in [-0.2, 0) is 14.3 Å². The SMILES string of the molecule is CCCC(=O)OCN1C(=O)[C@@H]2C3C[C@@H]4CC(C[C@H](C3)C4)[C@@H]21. The quantitative estimate of drug-likeness (QED) is 0.591. The lowest BCUT2D eigenvalue weighted by atomic mass is 9.67. The molecule has 6 atom stereocenters. The summed E-state index contributed by atoms with van der Waals surface area (Å²) in [5.41, 5.74) is 0. The van der Waals surface area contributed by atoms with Crippen LogP contribution in [0.2, 0.25) is 0 Å². The van der Waals surface area contributed by atoms with Gasteiger partial charge in [-0.25, -0.2) is 0 Å². The van der Waals surface area contributed by atoms with Crippen molar-refractivity contribution >= 4 is 11.9 Å². The number of esters is 1. The predicted molar refractivity (Wildman–Crippen MR) is 77.0 cm³/mol. The number of hydrogen-bond acceptors (Lipinski definition) is 3. The van der Waals surface area contributed by atoms with Crippen LogP contribution in [-0.4, -0.2) is 29.5 Å². The van der Waals surface area contributed by atoms with Crippen molar-refractivity contribution < 1.29 is 14.3 Å². The maximum absolute atomic E-state index is 12.5. The van der Waals surface area contributed by atoms with Crippen molar-refractivity contribution in [2.75, 3.05) is 6.73 Å². The molecule has 5 aliphatic rings. The number of amides is 1. The van der Waals surface area contributed by atoms with Crippen molar-refractivity contribution in [3.63, 3.8) is 0 Å². The van der Waals surface area contributed by atoms with E-state index in [9.17, 15) is 9.59 Å². The minimum Gasteiger partial charge on any atom is -0.444 e. The molecule has 4 aliphatic carbocycles. The molecule has 0 spiro atoms. The van der Waals surface area contributed by atoms with Crippen LogP contribution in [0.25, 0.3) is 0 Å². The fourth-order valence-electron chi connectivity index (χ4n) is 5.72. The average molecular weight is 291 g/mol. The van der Waals surface area contributed by atoms with E-state index in [-0.39, 0.29) is 24.5 Å². The smallest absolute Gasteiger partial charge is 0.307 e. The van der Waals surface area contributed by atoms with E-state index in [1.807, 2.05) is 11.8 Å². The Morgan fingerprint density at radius 1 is 1.14 bits per heavy atom. The van der Waals surface area contributed by atoms with Crippen molar-refractivity contribution in [1.29, 1.82) is 0 Å². The van der Waals surface area contributed by atoms with Crippen LogP contribution in [0.3, 0.4) is 0 Å². The fraction of sp³-hybridized carbons (Fsp3) is 0.882. The average Bonchev–Trinajstić information content (AvgIpc) is 2.58. The van der Waals surface area contributed by atoms with Gasteiger partial charge in [-0.15, -0.1) is 0 Å². The zero-order valence-electron chi connectivity index (χ0n) is 12.8. The first-order chi connectivity index (χ1) is 10.2. The van der Waals surface area contributed by atoms with E-state index in [0.717, 1.165) is 18.3 Å². The van der Waals surface area contributed by atoms with Crippen LogP contribution >= 0.6 is 0 Å². The van der Waals surface area contributed by atoms with Gasteiger partial charge in [0, 0.05) is 12.5 Å². The highest BCUT2D eigenvalue weighted by Gasteiger charge is 2.60. The van der Waals surface area contributed by atoms with Crippen LogP contribution in [0.4, 0.5) is 0 Å². The number of carbonyl (C=O) groups is 2. The molecule has 5 fully saturated rings. The standard InChI is InChI=1S/C17H25NO3/c1-2-3-14(19)21-9-18-16-13-7-10-4-11(8-13)6-12(5-10)15(16)17(18)20/h10-13,15-16H,2-9H2,1H3/t10-,11+,12?,13?,15-,16+/m1/s1. The monoisotopic (exact) mass is 291 g/mol. The highest BCUT2D eigenvalue weighted by molar-refractivity contribution is 5.86. The van der Waals surface area contributed by atoms with Crippen LogP contribution < -0.4 is 0 Å². The Morgan fingerprint density at radius 2 is 1.81 bits per heavy atom. The molecule has 1 aliphatic heterocycles. The van der Waals surface area contributed by atoms with Gasteiger partial charge in [0.25, 0.3) is 0 Å². The second-order valence-corrected chi connectivity index (χ2v) is 7.65. The normalized spacial score (nSPS) is 43.3. The largest absolute Gasteiger partial charge is 0.444 e. The van der Waals surface area contributed by atoms with Gasteiger partial charge in [-0.1, -0.05) is 6.92 Å². The third-order valence-electron chi connectivity index (χ3n) is 6.32. The zero-order chi connectivity index (χ0) is 14.6. The molecule has 0 aromatic heterocycles. The highest BCUT2D eigenvalue weighted by Crippen LogP contribution is 2.57. The first-order valence-corrected chi connectivity index (χ1v) is 8.63. The van der Waals surface area contributed by atoms with Gasteiger partial charge in [0.05, 0.1) is 5.92 Å². The summed E-state index contributed by atoms with van der Waals surface area (Å²) in [6.45, 7) is 2.16. The van der Waals surface area contributed by atoms with Gasteiger partial charge in [0.2, 0.25) is 5.91 Å². The molecule has 116 valence electrons. The first kappa shape index (κ1) is 13.6. The highest BCUT2D eigenvalue weighted by atomic mass is 16.5. The van der Waals surface area contributed by atoms with Gasteiger partial charge in [-0.2, -0.15) is 0 Å². The molecule has 4 heteroatoms. The Kier molecular flexibility index (Phi) is 3.23. The summed E-state index contributed by atoms with van der Waals surface area (Å²) in [6.07, 6.45) is 7.76. The van der Waals surface area contributed by atoms with Crippen molar-refractivity contribution in [1.82, 2.24) is 4.90 Å². The number of carbonyl (C=O) groups excluding carboxylic acids is 2. The summed E-state index contributed by atoms with van der Waals surface area (Å²) in [6, 6.07) is 0.368. The maximum Gasteiger partial charge on any atom is 0.307 e. The van der Waals surface area contributed by atoms with Gasteiger partial charge in [-0.3, -0.25) is 9.59 Å². The summed E-state index contributed by atoms with van der Waals surface area (Å²) in [5.74, 6) is 3.31. The molecule has 1 amide bonds. The minimum absolute atomic E-state index is 0.173. The van der Waals surface area contributed by atoms with Crippen molar-refractivity contribution in [3.05, 3.63) is 0 Å². The topological polar surface area (TPSA) is 46.6 Å². The number of rotatable bonds is 4. The molecule has 4 saturated carbocycles. The molecule has 2 unspecified atom stereocenters. The Labute approximate surface area is 126 Å². The molecular formula is C17H25NO3. The lowest BCUT2D eigenvalue weighted by molar-refractivity contribution is -0.179. The van der Waals surface area contributed by atoms with Crippen LogP contribution in [0.1, 0.15) is 51.9 Å². The molecule has 5 rings (SSSR count). The number of hydrogen-bond donors (Lipinski definition) is 0. The molecular weight excluding hydrogens is 266 g/mol. The van der Waals surface area contributed by atoms with Crippen molar-refractivity contribution in [2.24, 2.45) is 29.6 Å². The van der Waals surface area contributed by atoms with Crippen molar-refractivity contribution in [3.8, 4) is 0 Å². The van der Waals surface area contributed by atoms with Crippen LogP contribution in [0.15, 0.2) is 0 Å². The Balaban J connectivity index is 1.47. The van der Waals surface area contributed by atoms with Crippen LogP contribution in [0, 0.1) is 29.6 Å². The lowest BCUT2D eigenvalue weighted by Crippen LogP contribution is -2.65. The maximum atomic E-state index is 12.5. The Hall–Kier alpha value is -1.06. The number of likely N-dealkylation sites (tertiary alicyclic amines) is 1. The lowest BCUT2D eigenvalue weighted by Gasteiger charge is -2.50. The van der Waals surface area contributed by atoms with E-state index in [0.29, 0.717) is 24.3 Å². The van der Waals surface area contributed by atoms with E-state index < -0.39 is 0 Å². The van der Waals surface area contributed by atoms with Crippen LogP contribution in [0.5, 0.6) is 0 Å². The van der Waals surface area contributed by atoms with Gasteiger partial charge in [0.1, 0.15) is 0 Å². The van der Waals surface area contributed by atoms with Gasteiger partial charge < -0.3 is 9.64 Å². The molecule has 1 saturated heterocycles. The minimum atomic E-state index is -0.173. The number of β-lactam (4-membered cyclic amide) rings is 1. The molecule has 1 heterocycles. The molecule has 4 bridgehead atoms. The summed E-state index contributed by atoms with van der Waals surface area (Å²) in [4.78, 5) is 25.9. The van der Waals surface area contributed by atoms with E-state index in [4.69, 9.17) is 4.74 Å². The zero-order valence-corrected chi connectivity index (χ0v) is 12.8. The van der Waals surface area contributed by atoms with E-state index in [2.05, 4.69) is 0 Å². The van der Waals surface area contributed by atoms with E-state index in [1.165, 1.54) is 32.1 Å². The fourth-order valence-corrected chi connectivity index (χ4v) is 5.72. The summed E-state index contributed by atoms with van der Waals surface area (Å²) >= 11 is 0. The molecule has 0 aromatic rings. The molecule has 4 nitrogen and oxygen atoms in total. The van der Waals surface area contributed by atoms with E-state index in [1.54, 1.807) is 0 Å². The molecule has 0 radical (unpaired) electrons. The van der Waals surface area contributed by atoms with Gasteiger partial charge in [0.15, 0.2) is 6.73 Å². The van der Waals surface area contributed by atoms with E-state index >= 15 is 0 Å². The summed E-state index contributed by atoms with van der Waals surface area (Å²) in [5, 5.41) is 0. The Morgan fingerprint density at radius 3 is 2.48 bits per heavy atom. The molecule has 21 heavy (non-hydrogen) atoms. The summed E-state index contributed by atoms with van der Waals surface area (Å²) < 4.78 is 5.30. The van der Waals surface area contributed by atoms with Crippen molar-refractivity contribution in [2.45, 2.75) is 57.9 Å². The second-order valence-electron chi connectivity index (χ2n) is 7.65. The first-order valence-electron chi connectivity index (χ1n) is 8.63. The molecule has 0 aromatic carbocycles. The predicted octanol–water partition coefficient (Wildman–Crippen LogP) is 2.57. The molecule has 0 N–H and O–H groups in total. The summed E-state index contributed by atoms with van der Waals surface area (Å²) in [7, 11) is 0. The number of nitrogens with zero attached hydrogens (tertiary/aromatic N) is 1. The third-order valence-corrected chi connectivity index (χ3v) is 6.32.